The molecule has 4 heteroatoms. The number of hydrogen-bond acceptors (Lipinski definition) is 3. The topological polar surface area (TPSA) is 40.5 Å². The monoisotopic (exact) mass is 245 g/mol. The van der Waals surface area contributed by atoms with Crippen molar-refractivity contribution >= 4 is 17.7 Å². The second-order valence-electron chi connectivity index (χ2n) is 5.08. The lowest BCUT2D eigenvalue weighted by atomic mass is 10.0. The number of rotatable bonds is 5. The van der Waals surface area contributed by atoms with E-state index < -0.39 is 10.7 Å². The van der Waals surface area contributed by atoms with Gasteiger partial charge in [-0.05, 0) is 52.5 Å². The second kappa shape index (κ2) is 5.92. The van der Waals surface area contributed by atoms with Crippen LogP contribution in [0.1, 0.15) is 39.5 Å². The van der Waals surface area contributed by atoms with E-state index in [1.54, 1.807) is 25.6 Å². The molecular weight excluding hydrogens is 222 g/mol. The molecule has 1 aliphatic heterocycles. The molecule has 1 rings (SSSR count). The Labute approximate surface area is 103 Å². The minimum atomic E-state index is -0.713. The lowest BCUT2D eigenvalue weighted by Crippen LogP contribution is -2.37. The summed E-state index contributed by atoms with van der Waals surface area (Å²) >= 11 is 1.56. The first-order chi connectivity index (χ1) is 7.43. The highest BCUT2D eigenvalue weighted by atomic mass is 32.2. The van der Waals surface area contributed by atoms with E-state index in [0.717, 1.165) is 12.2 Å². The number of carboxylic acid groups (broad SMARTS) is 1. The molecular formula is C12H23NO2S. The van der Waals surface area contributed by atoms with Gasteiger partial charge in [-0.15, -0.1) is 11.8 Å². The number of thioether (sulfide) groups is 1. The van der Waals surface area contributed by atoms with Crippen LogP contribution in [-0.2, 0) is 4.79 Å². The zero-order chi connectivity index (χ0) is 12.2. The van der Waals surface area contributed by atoms with Crippen LogP contribution in [0, 0.1) is 0 Å². The summed E-state index contributed by atoms with van der Waals surface area (Å²) in [5.74, 6) is 0.225. The number of carboxylic acids is 1. The lowest BCUT2D eigenvalue weighted by Gasteiger charge is -2.33. The van der Waals surface area contributed by atoms with Crippen molar-refractivity contribution in [1.29, 1.82) is 0 Å². The molecule has 0 bridgehead atoms. The average Bonchev–Trinajstić information content (AvgIpc) is 2.20. The van der Waals surface area contributed by atoms with E-state index in [1.807, 2.05) is 0 Å². The van der Waals surface area contributed by atoms with Crippen LogP contribution in [0.25, 0.3) is 0 Å². The van der Waals surface area contributed by atoms with Crippen molar-refractivity contribution in [2.75, 3.05) is 19.3 Å². The van der Waals surface area contributed by atoms with Crippen molar-refractivity contribution < 1.29 is 9.90 Å². The van der Waals surface area contributed by atoms with Crippen LogP contribution in [0.5, 0.6) is 0 Å². The van der Waals surface area contributed by atoms with Crippen molar-refractivity contribution in [1.82, 2.24) is 4.90 Å². The molecule has 1 heterocycles. The van der Waals surface area contributed by atoms with Crippen molar-refractivity contribution in [3.8, 4) is 0 Å². The molecule has 1 fully saturated rings. The predicted octanol–water partition coefficient (Wildman–Crippen LogP) is 2.46. The van der Waals surface area contributed by atoms with E-state index in [9.17, 15) is 4.79 Å². The maximum Gasteiger partial charge on any atom is 0.319 e. The first kappa shape index (κ1) is 13.8. The van der Waals surface area contributed by atoms with E-state index in [1.165, 1.54) is 25.8 Å². The van der Waals surface area contributed by atoms with Gasteiger partial charge in [-0.3, -0.25) is 4.79 Å². The van der Waals surface area contributed by atoms with Crippen LogP contribution in [0.2, 0.25) is 0 Å². The zero-order valence-electron chi connectivity index (χ0n) is 10.5. The van der Waals surface area contributed by atoms with Crippen LogP contribution in [0.3, 0.4) is 0 Å². The molecule has 0 aromatic rings. The summed E-state index contributed by atoms with van der Waals surface area (Å²) < 4.78 is -0.646. The van der Waals surface area contributed by atoms with Crippen LogP contribution >= 0.6 is 11.8 Å². The van der Waals surface area contributed by atoms with E-state index in [2.05, 4.69) is 11.9 Å². The minimum Gasteiger partial charge on any atom is -0.480 e. The second-order valence-corrected chi connectivity index (χ2v) is 6.80. The van der Waals surface area contributed by atoms with Crippen LogP contribution in [0.4, 0.5) is 0 Å². The maximum absolute atomic E-state index is 10.9. The molecule has 0 amide bonds. The Morgan fingerprint density at radius 1 is 1.50 bits per heavy atom. The molecule has 3 nitrogen and oxygen atoms in total. The summed E-state index contributed by atoms with van der Waals surface area (Å²) in [5, 5.41) is 9.00. The number of nitrogens with zero attached hydrogens (tertiary/aromatic N) is 1. The molecule has 0 aromatic carbocycles. The summed E-state index contributed by atoms with van der Waals surface area (Å²) in [7, 11) is 2.18. The molecule has 0 saturated carbocycles. The van der Waals surface area contributed by atoms with Gasteiger partial charge < -0.3 is 10.0 Å². The third-order valence-electron chi connectivity index (χ3n) is 3.35. The summed E-state index contributed by atoms with van der Waals surface area (Å²) in [6, 6.07) is 0.658. The first-order valence-electron chi connectivity index (χ1n) is 6.01. The fourth-order valence-electron chi connectivity index (χ4n) is 2.02. The molecule has 0 aliphatic carbocycles. The summed E-state index contributed by atoms with van der Waals surface area (Å²) in [6.45, 7) is 4.76. The van der Waals surface area contributed by atoms with Gasteiger partial charge in [0.05, 0.1) is 0 Å². The molecule has 1 aliphatic rings. The van der Waals surface area contributed by atoms with Gasteiger partial charge in [-0.25, -0.2) is 0 Å². The van der Waals surface area contributed by atoms with E-state index in [-0.39, 0.29) is 0 Å². The molecule has 1 unspecified atom stereocenters. The fourth-order valence-corrected chi connectivity index (χ4v) is 3.04. The SMILES string of the molecule is CN1CCCCC1CCSC(C)(C)C(=O)O. The van der Waals surface area contributed by atoms with E-state index in [4.69, 9.17) is 5.11 Å². The van der Waals surface area contributed by atoms with Crippen LogP contribution < -0.4 is 0 Å². The van der Waals surface area contributed by atoms with Crippen molar-refractivity contribution in [3.63, 3.8) is 0 Å². The van der Waals surface area contributed by atoms with E-state index in [0.29, 0.717) is 6.04 Å². The van der Waals surface area contributed by atoms with Gasteiger partial charge in [0.1, 0.15) is 4.75 Å². The molecule has 94 valence electrons. The molecule has 1 atom stereocenters. The molecule has 16 heavy (non-hydrogen) atoms. The van der Waals surface area contributed by atoms with Crippen molar-refractivity contribution in [2.24, 2.45) is 0 Å². The zero-order valence-corrected chi connectivity index (χ0v) is 11.3. The average molecular weight is 245 g/mol. The summed E-state index contributed by atoms with van der Waals surface area (Å²) in [4.78, 5) is 13.4. The normalized spacial score (nSPS) is 23.3. The molecule has 0 spiro atoms. The maximum atomic E-state index is 10.9. The Morgan fingerprint density at radius 2 is 2.19 bits per heavy atom. The third kappa shape index (κ3) is 3.98. The van der Waals surface area contributed by atoms with Gasteiger partial charge in [-0.2, -0.15) is 0 Å². The third-order valence-corrected chi connectivity index (χ3v) is 4.69. The first-order valence-corrected chi connectivity index (χ1v) is 6.99. The number of aliphatic carboxylic acids is 1. The lowest BCUT2D eigenvalue weighted by molar-refractivity contribution is -0.138. The number of hydrogen-bond donors (Lipinski definition) is 1. The molecule has 0 aromatic heterocycles. The Balaban J connectivity index is 2.26. The number of carbonyl (C=O) groups is 1. The Morgan fingerprint density at radius 3 is 2.75 bits per heavy atom. The highest BCUT2D eigenvalue weighted by Gasteiger charge is 2.28. The summed E-state index contributed by atoms with van der Waals surface area (Å²) in [6.07, 6.45) is 5.01. The number of likely N-dealkylation sites (tertiary alicyclic amines) is 1. The van der Waals surface area contributed by atoms with E-state index >= 15 is 0 Å². The van der Waals surface area contributed by atoms with Gasteiger partial charge >= 0.3 is 5.97 Å². The highest BCUT2D eigenvalue weighted by Crippen LogP contribution is 2.27. The van der Waals surface area contributed by atoms with Crippen LogP contribution in [0.15, 0.2) is 0 Å². The largest absolute Gasteiger partial charge is 0.480 e. The number of piperidine rings is 1. The Hall–Kier alpha value is -0.220. The Bertz CT molecular complexity index is 243. The van der Waals surface area contributed by atoms with Crippen LogP contribution in [-0.4, -0.2) is 46.1 Å². The van der Waals surface area contributed by atoms with Crippen molar-refractivity contribution in [2.45, 2.75) is 50.3 Å². The summed E-state index contributed by atoms with van der Waals surface area (Å²) in [5.41, 5.74) is 0. The standard InChI is InChI=1S/C12H23NO2S/c1-12(2,11(14)15)16-9-7-10-6-4-5-8-13(10)3/h10H,4-9H2,1-3H3,(H,14,15). The van der Waals surface area contributed by atoms with Gasteiger partial charge in [0, 0.05) is 6.04 Å². The van der Waals surface area contributed by atoms with Gasteiger partial charge in [0.2, 0.25) is 0 Å². The smallest absolute Gasteiger partial charge is 0.319 e. The quantitative estimate of drug-likeness (QED) is 0.808. The van der Waals surface area contributed by atoms with Gasteiger partial charge in [0.15, 0.2) is 0 Å². The molecule has 1 saturated heterocycles. The molecule has 0 radical (unpaired) electrons. The fraction of sp³-hybridized carbons (Fsp3) is 0.917. The molecule has 1 N–H and O–H groups in total. The highest BCUT2D eigenvalue weighted by molar-refractivity contribution is 8.01. The van der Waals surface area contributed by atoms with Gasteiger partial charge in [0.25, 0.3) is 0 Å². The Kier molecular flexibility index (Phi) is 5.12. The minimum absolute atomic E-state index is 0.646. The predicted molar refractivity (Wildman–Crippen MR) is 69.1 cm³/mol. The van der Waals surface area contributed by atoms with Crippen molar-refractivity contribution in [3.05, 3.63) is 0 Å². The van der Waals surface area contributed by atoms with Gasteiger partial charge in [-0.1, -0.05) is 6.42 Å².